The zero-order valence-electron chi connectivity index (χ0n) is 9.97. The summed E-state index contributed by atoms with van der Waals surface area (Å²) in [7, 11) is 0. The fourth-order valence-corrected chi connectivity index (χ4v) is 2.13. The van der Waals surface area contributed by atoms with E-state index in [1.807, 2.05) is 0 Å². The summed E-state index contributed by atoms with van der Waals surface area (Å²) >= 11 is 0. The zero-order valence-corrected chi connectivity index (χ0v) is 9.97. The molecule has 0 heterocycles. The van der Waals surface area contributed by atoms with Crippen molar-refractivity contribution in [2.75, 3.05) is 5.32 Å². The van der Waals surface area contributed by atoms with Gasteiger partial charge in [-0.1, -0.05) is 12.1 Å². The molecule has 1 aromatic carbocycles. The largest absolute Gasteiger partial charge is 0.480 e. The van der Waals surface area contributed by atoms with Gasteiger partial charge >= 0.3 is 5.97 Å². The van der Waals surface area contributed by atoms with Crippen LogP contribution in [0.15, 0.2) is 18.2 Å². The van der Waals surface area contributed by atoms with Gasteiger partial charge < -0.3 is 10.4 Å². The molecule has 2 N–H and O–H groups in total. The molecule has 1 aliphatic rings. The van der Waals surface area contributed by atoms with Gasteiger partial charge in [0, 0.05) is 6.07 Å². The van der Waals surface area contributed by atoms with Gasteiger partial charge in [0.1, 0.15) is 11.2 Å². The minimum Gasteiger partial charge on any atom is -0.480 e. The molecular formula is C12H14N2O4. The van der Waals surface area contributed by atoms with Crippen LogP contribution in [-0.4, -0.2) is 21.5 Å². The lowest BCUT2D eigenvalue weighted by atomic mass is 9.76. The molecule has 0 radical (unpaired) electrons. The average molecular weight is 250 g/mol. The number of carboxylic acids is 1. The Morgan fingerprint density at radius 1 is 1.50 bits per heavy atom. The molecule has 0 aromatic heterocycles. The summed E-state index contributed by atoms with van der Waals surface area (Å²) in [5, 5.41) is 23.1. The molecule has 2 rings (SSSR count). The maximum Gasteiger partial charge on any atom is 0.329 e. The van der Waals surface area contributed by atoms with Crippen molar-refractivity contribution in [2.45, 2.75) is 31.7 Å². The van der Waals surface area contributed by atoms with Crippen LogP contribution in [0.1, 0.15) is 24.8 Å². The van der Waals surface area contributed by atoms with E-state index >= 15 is 0 Å². The molecule has 6 nitrogen and oxygen atoms in total. The molecule has 6 heteroatoms. The van der Waals surface area contributed by atoms with Crippen LogP contribution in [0.4, 0.5) is 11.4 Å². The minimum absolute atomic E-state index is 0.0810. The van der Waals surface area contributed by atoms with Crippen molar-refractivity contribution in [1.29, 1.82) is 0 Å². The van der Waals surface area contributed by atoms with E-state index < -0.39 is 16.4 Å². The van der Waals surface area contributed by atoms with Gasteiger partial charge in [-0.25, -0.2) is 4.79 Å². The zero-order chi connectivity index (χ0) is 13.3. The molecule has 0 unspecified atom stereocenters. The first-order chi connectivity index (χ1) is 8.46. The number of nitrogens with one attached hydrogen (secondary N) is 1. The van der Waals surface area contributed by atoms with E-state index in [0.29, 0.717) is 24.1 Å². The van der Waals surface area contributed by atoms with Crippen molar-refractivity contribution >= 4 is 17.3 Å². The SMILES string of the molecule is Cc1cccc([N+](=O)[O-])c1NC1(C(=O)O)CCC1. The predicted octanol–water partition coefficient (Wildman–Crippen LogP) is 2.32. The number of aryl methyl sites for hydroxylation is 1. The third-order valence-corrected chi connectivity index (χ3v) is 3.43. The Labute approximate surface area is 104 Å². The first kappa shape index (κ1) is 12.3. The maximum atomic E-state index is 11.3. The molecule has 1 aromatic rings. The second-order valence-corrected chi connectivity index (χ2v) is 4.59. The number of rotatable bonds is 4. The number of hydrogen-bond donors (Lipinski definition) is 2. The van der Waals surface area contributed by atoms with Crippen LogP contribution in [0.5, 0.6) is 0 Å². The average Bonchev–Trinajstić information content (AvgIpc) is 2.24. The lowest BCUT2D eigenvalue weighted by Gasteiger charge is -2.39. The lowest BCUT2D eigenvalue weighted by Crippen LogP contribution is -2.52. The number of benzene rings is 1. The Kier molecular flexibility index (Phi) is 2.94. The first-order valence-corrected chi connectivity index (χ1v) is 5.72. The van der Waals surface area contributed by atoms with Crippen LogP contribution < -0.4 is 5.32 Å². The topological polar surface area (TPSA) is 92.5 Å². The van der Waals surface area contributed by atoms with Crippen LogP contribution in [-0.2, 0) is 4.79 Å². The Hall–Kier alpha value is -2.11. The quantitative estimate of drug-likeness (QED) is 0.632. The lowest BCUT2D eigenvalue weighted by molar-refractivity contribution is -0.384. The summed E-state index contributed by atoms with van der Waals surface area (Å²) in [6.45, 7) is 1.73. The van der Waals surface area contributed by atoms with Gasteiger partial charge in [-0.05, 0) is 31.7 Å². The van der Waals surface area contributed by atoms with Crippen molar-refractivity contribution in [2.24, 2.45) is 0 Å². The van der Waals surface area contributed by atoms with E-state index in [9.17, 15) is 20.0 Å². The van der Waals surface area contributed by atoms with Crippen molar-refractivity contribution in [3.8, 4) is 0 Å². The summed E-state index contributed by atoms with van der Waals surface area (Å²) in [6, 6.07) is 4.69. The summed E-state index contributed by atoms with van der Waals surface area (Å²) in [5.74, 6) is -0.952. The summed E-state index contributed by atoms with van der Waals surface area (Å²) < 4.78 is 0. The van der Waals surface area contributed by atoms with Crippen LogP contribution in [0.3, 0.4) is 0 Å². The fourth-order valence-electron chi connectivity index (χ4n) is 2.13. The van der Waals surface area contributed by atoms with Gasteiger partial charge in [-0.3, -0.25) is 10.1 Å². The molecule has 18 heavy (non-hydrogen) atoms. The van der Waals surface area contributed by atoms with Gasteiger partial charge in [0.25, 0.3) is 5.69 Å². The minimum atomic E-state index is -1.04. The van der Waals surface area contributed by atoms with Gasteiger partial charge in [0.2, 0.25) is 0 Å². The Morgan fingerprint density at radius 3 is 2.61 bits per heavy atom. The number of para-hydroxylation sites is 1. The number of nitrogens with zero attached hydrogens (tertiary/aromatic N) is 1. The number of nitro benzene ring substituents is 1. The molecule has 1 fully saturated rings. The van der Waals surface area contributed by atoms with Gasteiger partial charge in [-0.2, -0.15) is 0 Å². The van der Waals surface area contributed by atoms with Gasteiger partial charge in [0.15, 0.2) is 0 Å². The van der Waals surface area contributed by atoms with Crippen molar-refractivity contribution in [1.82, 2.24) is 0 Å². The molecule has 0 saturated heterocycles. The van der Waals surface area contributed by atoms with E-state index in [0.717, 1.165) is 6.42 Å². The second-order valence-electron chi connectivity index (χ2n) is 4.59. The second kappa shape index (κ2) is 4.29. The number of anilines is 1. The highest BCUT2D eigenvalue weighted by molar-refractivity contribution is 5.85. The van der Waals surface area contributed by atoms with Gasteiger partial charge in [-0.15, -0.1) is 0 Å². The Balaban J connectivity index is 2.39. The molecule has 0 aliphatic heterocycles. The maximum absolute atomic E-state index is 11.3. The number of nitro groups is 1. The predicted molar refractivity (Wildman–Crippen MR) is 65.7 cm³/mol. The molecule has 0 atom stereocenters. The highest BCUT2D eigenvalue weighted by Gasteiger charge is 2.45. The number of carboxylic acid groups (broad SMARTS) is 1. The van der Waals surface area contributed by atoms with Crippen molar-refractivity contribution in [3.05, 3.63) is 33.9 Å². The highest BCUT2D eigenvalue weighted by atomic mass is 16.6. The fraction of sp³-hybridized carbons (Fsp3) is 0.417. The standard InChI is InChI=1S/C12H14N2O4/c1-8-4-2-5-9(14(17)18)10(8)13-12(11(15)16)6-3-7-12/h2,4-5,13H,3,6-7H2,1H3,(H,15,16). The molecule has 96 valence electrons. The molecular weight excluding hydrogens is 236 g/mol. The van der Waals surface area contributed by atoms with E-state index in [4.69, 9.17) is 0 Å². The first-order valence-electron chi connectivity index (χ1n) is 5.72. The Morgan fingerprint density at radius 2 is 2.17 bits per heavy atom. The van der Waals surface area contributed by atoms with Crippen LogP contribution in [0.25, 0.3) is 0 Å². The number of aliphatic carboxylic acids is 1. The third-order valence-electron chi connectivity index (χ3n) is 3.43. The Bertz CT molecular complexity index is 509. The smallest absolute Gasteiger partial charge is 0.329 e. The van der Waals surface area contributed by atoms with E-state index in [1.54, 1.807) is 19.1 Å². The van der Waals surface area contributed by atoms with E-state index in [-0.39, 0.29) is 5.69 Å². The van der Waals surface area contributed by atoms with Gasteiger partial charge in [0.05, 0.1) is 4.92 Å². The van der Waals surface area contributed by atoms with Crippen molar-refractivity contribution < 1.29 is 14.8 Å². The molecule has 1 saturated carbocycles. The van der Waals surface area contributed by atoms with Crippen LogP contribution in [0.2, 0.25) is 0 Å². The van der Waals surface area contributed by atoms with Crippen LogP contribution >= 0.6 is 0 Å². The molecule has 0 spiro atoms. The molecule has 1 aliphatic carbocycles. The summed E-state index contributed by atoms with van der Waals surface area (Å²) in [4.78, 5) is 21.7. The third kappa shape index (κ3) is 1.90. The number of hydrogen-bond acceptors (Lipinski definition) is 4. The highest BCUT2D eigenvalue weighted by Crippen LogP contribution is 2.39. The van der Waals surface area contributed by atoms with Crippen molar-refractivity contribution in [3.63, 3.8) is 0 Å². The molecule has 0 amide bonds. The summed E-state index contributed by atoms with van der Waals surface area (Å²) in [6.07, 6.45) is 1.81. The summed E-state index contributed by atoms with van der Waals surface area (Å²) in [5.41, 5.74) is -0.138. The number of carbonyl (C=O) groups is 1. The van der Waals surface area contributed by atoms with Crippen LogP contribution in [0, 0.1) is 17.0 Å². The molecule has 0 bridgehead atoms. The monoisotopic (exact) mass is 250 g/mol. The van der Waals surface area contributed by atoms with E-state index in [1.165, 1.54) is 6.07 Å². The van der Waals surface area contributed by atoms with E-state index in [2.05, 4.69) is 5.32 Å². The normalized spacial score (nSPS) is 16.7.